The Morgan fingerprint density at radius 1 is 1.27 bits per heavy atom. The standard InChI is InChI=1S/C16H17Cl2NO3/c1-2-7-21-14-3-5-19(6-4-14)16(20)11-22-15-9-12(17)8-13(18)10-15/h1,8-10,14H,3-7,11H2. The highest BCUT2D eigenvalue weighted by Gasteiger charge is 2.23. The predicted molar refractivity (Wildman–Crippen MR) is 86.3 cm³/mol. The van der Waals surface area contributed by atoms with Gasteiger partial charge in [0.05, 0.1) is 6.10 Å². The van der Waals surface area contributed by atoms with Gasteiger partial charge in [0.25, 0.3) is 5.91 Å². The number of halogens is 2. The molecule has 22 heavy (non-hydrogen) atoms. The number of amides is 1. The lowest BCUT2D eigenvalue weighted by Crippen LogP contribution is -2.43. The number of hydrogen-bond acceptors (Lipinski definition) is 3. The summed E-state index contributed by atoms with van der Waals surface area (Å²) in [6, 6.07) is 4.86. The average molecular weight is 342 g/mol. The highest BCUT2D eigenvalue weighted by molar-refractivity contribution is 6.34. The summed E-state index contributed by atoms with van der Waals surface area (Å²) in [6.45, 7) is 1.57. The Kier molecular flexibility index (Phi) is 6.38. The second kappa shape index (κ2) is 8.28. The van der Waals surface area contributed by atoms with E-state index in [1.165, 1.54) is 0 Å². The van der Waals surface area contributed by atoms with Gasteiger partial charge in [0.15, 0.2) is 6.61 Å². The van der Waals surface area contributed by atoms with Gasteiger partial charge >= 0.3 is 0 Å². The van der Waals surface area contributed by atoms with Crippen molar-refractivity contribution in [2.45, 2.75) is 18.9 Å². The maximum absolute atomic E-state index is 12.1. The molecular formula is C16H17Cl2NO3. The van der Waals surface area contributed by atoms with Crippen LogP contribution in [0.2, 0.25) is 10.0 Å². The van der Waals surface area contributed by atoms with E-state index in [1.54, 1.807) is 23.1 Å². The van der Waals surface area contributed by atoms with Crippen LogP contribution in [0.5, 0.6) is 5.75 Å². The molecule has 0 radical (unpaired) electrons. The number of carbonyl (C=O) groups excluding carboxylic acids is 1. The summed E-state index contributed by atoms with van der Waals surface area (Å²) < 4.78 is 10.9. The molecule has 118 valence electrons. The van der Waals surface area contributed by atoms with E-state index in [1.807, 2.05) is 0 Å². The third-order valence-electron chi connectivity index (χ3n) is 3.40. The number of benzene rings is 1. The minimum absolute atomic E-state index is 0.0352. The lowest BCUT2D eigenvalue weighted by Gasteiger charge is -2.31. The molecule has 0 unspecified atom stereocenters. The average Bonchev–Trinajstić information content (AvgIpc) is 2.50. The molecule has 6 heteroatoms. The van der Waals surface area contributed by atoms with E-state index >= 15 is 0 Å². The summed E-state index contributed by atoms with van der Waals surface area (Å²) in [5.74, 6) is 2.87. The number of carbonyl (C=O) groups is 1. The molecule has 0 saturated carbocycles. The van der Waals surface area contributed by atoms with Crippen molar-refractivity contribution in [3.8, 4) is 18.1 Å². The quantitative estimate of drug-likeness (QED) is 0.772. The van der Waals surface area contributed by atoms with Crippen LogP contribution in [0.1, 0.15) is 12.8 Å². The molecule has 1 aliphatic heterocycles. The molecule has 0 bridgehead atoms. The molecule has 1 fully saturated rings. The van der Waals surface area contributed by atoms with E-state index in [0.717, 1.165) is 12.8 Å². The lowest BCUT2D eigenvalue weighted by molar-refractivity contribution is -0.135. The molecule has 1 aromatic carbocycles. The van der Waals surface area contributed by atoms with Crippen molar-refractivity contribution in [3.63, 3.8) is 0 Å². The Hall–Kier alpha value is -1.41. The largest absolute Gasteiger partial charge is 0.484 e. The topological polar surface area (TPSA) is 38.8 Å². The number of ether oxygens (including phenoxy) is 2. The van der Waals surface area contributed by atoms with Crippen LogP contribution < -0.4 is 4.74 Å². The molecule has 1 amide bonds. The molecule has 2 rings (SSSR count). The van der Waals surface area contributed by atoms with Gasteiger partial charge in [0.2, 0.25) is 0 Å². The number of hydrogen-bond donors (Lipinski definition) is 0. The van der Waals surface area contributed by atoms with Crippen LogP contribution in [0.25, 0.3) is 0 Å². The van der Waals surface area contributed by atoms with E-state index in [-0.39, 0.29) is 18.6 Å². The van der Waals surface area contributed by atoms with Crippen molar-refractivity contribution in [1.82, 2.24) is 4.90 Å². The molecule has 4 nitrogen and oxygen atoms in total. The normalized spacial score (nSPS) is 15.4. The minimum atomic E-state index is -0.0634. The number of terminal acetylenes is 1. The molecular weight excluding hydrogens is 325 g/mol. The van der Waals surface area contributed by atoms with Gasteiger partial charge in [0, 0.05) is 23.1 Å². The van der Waals surface area contributed by atoms with Gasteiger partial charge in [-0.2, -0.15) is 0 Å². The molecule has 0 aromatic heterocycles. The summed E-state index contributed by atoms with van der Waals surface area (Å²) in [5, 5.41) is 0.947. The van der Waals surface area contributed by atoms with Crippen LogP contribution in [0, 0.1) is 12.3 Å². The number of piperidine rings is 1. The van der Waals surface area contributed by atoms with Crippen molar-refractivity contribution in [3.05, 3.63) is 28.2 Å². The lowest BCUT2D eigenvalue weighted by atomic mass is 10.1. The van der Waals surface area contributed by atoms with E-state index in [4.69, 9.17) is 39.1 Å². The Balaban J connectivity index is 1.77. The van der Waals surface area contributed by atoms with E-state index in [9.17, 15) is 4.79 Å². The summed E-state index contributed by atoms with van der Waals surface area (Å²) in [4.78, 5) is 13.9. The zero-order valence-corrected chi connectivity index (χ0v) is 13.6. The predicted octanol–water partition coefficient (Wildman–Crippen LogP) is 3.01. The SMILES string of the molecule is C#CCOC1CCN(C(=O)COc2cc(Cl)cc(Cl)c2)CC1. The second-order valence-electron chi connectivity index (χ2n) is 4.99. The highest BCUT2D eigenvalue weighted by atomic mass is 35.5. The number of rotatable bonds is 5. The molecule has 1 aliphatic rings. The summed E-state index contributed by atoms with van der Waals surface area (Å²) in [7, 11) is 0. The van der Waals surface area contributed by atoms with Crippen molar-refractivity contribution >= 4 is 29.1 Å². The zero-order valence-electron chi connectivity index (χ0n) is 12.1. The van der Waals surface area contributed by atoms with Crippen LogP contribution in [0.3, 0.4) is 0 Å². The van der Waals surface area contributed by atoms with Crippen LogP contribution in [0.15, 0.2) is 18.2 Å². The maximum Gasteiger partial charge on any atom is 0.260 e. The summed E-state index contributed by atoms with van der Waals surface area (Å²) in [6.07, 6.45) is 6.87. The molecule has 0 aliphatic carbocycles. The summed E-state index contributed by atoms with van der Waals surface area (Å²) >= 11 is 11.8. The molecule has 1 saturated heterocycles. The fourth-order valence-corrected chi connectivity index (χ4v) is 2.79. The molecule has 0 N–H and O–H groups in total. The van der Waals surface area contributed by atoms with Gasteiger partial charge in [-0.15, -0.1) is 6.42 Å². The van der Waals surface area contributed by atoms with Gasteiger partial charge in [-0.3, -0.25) is 4.79 Å². The smallest absolute Gasteiger partial charge is 0.260 e. The molecule has 1 heterocycles. The van der Waals surface area contributed by atoms with E-state index in [2.05, 4.69) is 5.92 Å². The minimum Gasteiger partial charge on any atom is -0.484 e. The Bertz CT molecular complexity index is 543. The maximum atomic E-state index is 12.1. The van der Waals surface area contributed by atoms with E-state index in [0.29, 0.717) is 35.5 Å². The van der Waals surface area contributed by atoms with Gasteiger partial charge < -0.3 is 14.4 Å². The van der Waals surface area contributed by atoms with Gasteiger partial charge in [-0.1, -0.05) is 29.1 Å². The Labute approximate surface area is 140 Å². The molecule has 0 spiro atoms. The Morgan fingerprint density at radius 3 is 2.50 bits per heavy atom. The monoisotopic (exact) mass is 341 g/mol. The number of nitrogens with zero attached hydrogens (tertiary/aromatic N) is 1. The first-order chi connectivity index (χ1) is 10.6. The van der Waals surface area contributed by atoms with E-state index < -0.39 is 0 Å². The van der Waals surface area contributed by atoms with Gasteiger partial charge in [0.1, 0.15) is 12.4 Å². The molecule has 1 aromatic rings. The fraction of sp³-hybridized carbons (Fsp3) is 0.438. The highest BCUT2D eigenvalue weighted by Crippen LogP contribution is 2.24. The van der Waals surface area contributed by atoms with Crippen LogP contribution in [-0.4, -0.2) is 43.2 Å². The number of likely N-dealkylation sites (tertiary alicyclic amines) is 1. The van der Waals surface area contributed by atoms with Crippen molar-refractivity contribution < 1.29 is 14.3 Å². The van der Waals surface area contributed by atoms with Crippen molar-refractivity contribution in [2.24, 2.45) is 0 Å². The van der Waals surface area contributed by atoms with Gasteiger partial charge in [-0.05, 0) is 31.0 Å². The third-order valence-corrected chi connectivity index (χ3v) is 3.83. The first-order valence-corrected chi connectivity index (χ1v) is 7.76. The third kappa shape index (κ3) is 5.10. The first-order valence-electron chi connectivity index (χ1n) is 7.00. The zero-order chi connectivity index (χ0) is 15.9. The fourth-order valence-electron chi connectivity index (χ4n) is 2.29. The van der Waals surface area contributed by atoms with Crippen molar-refractivity contribution in [1.29, 1.82) is 0 Å². The van der Waals surface area contributed by atoms with Gasteiger partial charge in [-0.25, -0.2) is 0 Å². The first kappa shape index (κ1) is 17.0. The van der Waals surface area contributed by atoms with Crippen LogP contribution >= 0.6 is 23.2 Å². The summed E-state index contributed by atoms with van der Waals surface area (Å²) in [5.41, 5.74) is 0. The second-order valence-corrected chi connectivity index (χ2v) is 5.86. The van der Waals surface area contributed by atoms with Crippen LogP contribution in [0.4, 0.5) is 0 Å². The van der Waals surface area contributed by atoms with Crippen LogP contribution in [-0.2, 0) is 9.53 Å². The van der Waals surface area contributed by atoms with Crippen molar-refractivity contribution in [2.75, 3.05) is 26.3 Å². The Morgan fingerprint density at radius 2 is 1.91 bits per heavy atom. The molecule has 0 atom stereocenters.